The van der Waals surface area contributed by atoms with E-state index in [1.165, 1.54) is 23.6 Å². The average Bonchev–Trinajstić information content (AvgIpc) is 3.24. The number of aromatic nitrogens is 2. The van der Waals surface area contributed by atoms with Gasteiger partial charge in [0.25, 0.3) is 0 Å². The van der Waals surface area contributed by atoms with Gasteiger partial charge in [0, 0.05) is 67.8 Å². The van der Waals surface area contributed by atoms with Gasteiger partial charge >= 0.3 is 0 Å². The predicted octanol–water partition coefficient (Wildman–Crippen LogP) is 5.39. The molecule has 0 saturated heterocycles. The number of ether oxygens (including phenoxy) is 1. The van der Waals surface area contributed by atoms with Gasteiger partial charge in [-0.05, 0) is 80.6 Å². The second-order valence-corrected chi connectivity index (χ2v) is 15.6. The maximum atomic E-state index is 14.6. The Morgan fingerprint density at radius 1 is 0.984 bits per heavy atom. The second-order valence-electron chi connectivity index (χ2n) is 15.6. The number of rotatable bonds is 15. The van der Waals surface area contributed by atoms with Crippen LogP contribution in [0.2, 0.25) is 0 Å². The minimum absolute atomic E-state index is 0. The lowest BCUT2D eigenvalue weighted by Crippen LogP contribution is -2.46. The Hall–Kier alpha value is -5.95. The van der Waals surface area contributed by atoms with Crippen molar-refractivity contribution >= 4 is 42.7 Å². The van der Waals surface area contributed by atoms with E-state index >= 15 is 0 Å². The van der Waals surface area contributed by atoms with Gasteiger partial charge in [0.15, 0.2) is 23.2 Å². The van der Waals surface area contributed by atoms with E-state index in [0.717, 1.165) is 12.0 Å². The van der Waals surface area contributed by atoms with Crippen LogP contribution >= 0.6 is 13.5 Å². The van der Waals surface area contributed by atoms with Gasteiger partial charge in [0.1, 0.15) is 24.1 Å². The van der Waals surface area contributed by atoms with Gasteiger partial charge in [-0.2, -0.15) is 18.8 Å². The van der Waals surface area contributed by atoms with E-state index in [-0.39, 0.29) is 89.0 Å². The van der Waals surface area contributed by atoms with Crippen LogP contribution in [-0.2, 0) is 32.0 Å². The first-order chi connectivity index (χ1) is 29.2. The number of amides is 2. The molecule has 15 heteroatoms. The highest BCUT2D eigenvalue weighted by atomic mass is 32.1. The third-order valence-corrected chi connectivity index (χ3v) is 11.1. The molecule has 4 atom stereocenters. The number of nitrogens with zero attached hydrogens (tertiary/aromatic N) is 4. The molecule has 4 aromatic rings. The molecule has 1 aliphatic rings. The van der Waals surface area contributed by atoms with E-state index in [2.05, 4.69) is 22.2 Å². The van der Waals surface area contributed by atoms with Crippen LogP contribution in [-0.4, -0.2) is 81.9 Å². The summed E-state index contributed by atoms with van der Waals surface area (Å²) in [4.78, 5) is 80.9. The number of hydrogen-bond donors (Lipinski definition) is 4. The van der Waals surface area contributed by atoms with Crippen molar-refractivity contribution in [3.8, 4) is 40.1 Å². The average molecular weight is 864 g/mol. The highest BCUT2D eigenvalue weighted by Crippen LogP contribution is 2.40. The number of fused-ring (bicyclic) bond motifs is 5. The lowest BCUT2D eigenvalue weighted by molar-refractivity contribution is -0.142. The predicted molar refractivity (Wildman–Crippen MR) is 241 cm³/mol. The van der Waals surface area contributed by atoms with E-state index in [1.807, 2.05) is 30.3 Å². The molecule has 62 heavy (non-hydrogen) atoms. The molecule has 4 bridgehead atoms. The Morgan fingerprint density at radius 2 is 1.68 bits per heavy atom. The molecular formula is C47H57N7O7S. The number of phenols is 1. The van der Waals surface area contributed by atoms with Crippen LogP contribution in [0.4, 0.5) is 0 Å². The molecule has 6 N–H and O–H groups in total. The van der Waals surface area contributed by atoms with Crippen molar-refractivity contribution in [2.24, 2.45) is 23.3 Å². The molecule has 0 radical (unpaired) electrons. The molecule has 0 unspecified atom stereocenters. The Labute approximate surface area is 369 Å². The van der Waals surface area contributed by atoms with Crippen molar-refractivity contribution in [1.82, 2.24) is 20.2 Å². The van der Waals surface area contributed by atoms with Gasteiger partial charge in [-0.25, -0.2) is 9.97 Å². The Bertz CT molecular complexity index is 2310. The first-order valence-corrected chi connectivity index (χ1v) is 20.7. The molecule has 328 valence electrons. The monoisotopic (exact) mass is 863 g/mol. The summed E-state index contributed by atoms with van der Waals surface area (Å²) >= 11 is 0. The number of nitrogens with two attached hydrogens (primary N) is 2. The van der Waals surface area contributed by atoms with Gasteiger partial charge in [0.05, 0.1) is 29.1 Å². The Morgan fingerprint density at radius 3 is 2.31 bits per heavy atom. The van der Waals surface area contributed by atoms with Crippen LogP contribution < -0.4 is 21.5 Å². The van der Waals surface area contributed by atoms with Gasteiger partial charge in [0.2, 0.25) is 11.8 Å². The molecule has 1 aliphatic heterocycles. The largest absolute Gasteiger partial charge is 0.507 e. The molecule has 2 heterocycles. The second kappa shape index (κ2) is 22.2. The Kier molecular flexibility index (Phi) is 17.5. The van der Waals surface area contributed by atoms with Crippen LogP contribution in [0.5, 0.6) is 11.5 Å². The Balaban J connectivity index is 0.00000845. The van der Waals surface area contributed by atoms with E-state index in [9.17, 15) is 29.1 Å². The molecule has 0 fully saturated rings. The number of nitriles is 1. The third kappa shape index (κ3) is 11.5. The minimum atomic E-state index is -1.26. The highest BCUT2D eigenvalue weighted by molar-refractivity contribution is 7.59. The van der Waals surface area contributed by atoms with Gasteiger partial charge < -0.3 is 31.5 Å². The van der Waals surface area contributed by atoms with Crippen molar-refractivity contribution in [2.75, 3.05) is 26.7 Å². The van der Waals surface area contributed by atoms with Crippen molar-refractivity contribution < 1.29 is 33.8 Å². The summed E-state index contributed by atoms with van der Waals surface area (Å²) in [7, 11) is 1.48. The van der Waals surface area contributed by atoms with Crippen LogP contribution in [0.15, 0.2) is 60.7 Å². The lowest BCUT2D eigenvalue weighted by Gasteiger charge is -2.32. The highest BCUT2D eigenvalue weighted by Gasteiger charge is 2.36. The molecule has 5 rings (SSSR count). The normalized spacial score (nSPS) is 16.8. The van der Waals surface area contributed by atoms with Crippen LogP contribution in [0, 0.1) is 37.0 Å². The summed E-state index contributed by atoms with van der Waals surface area (Å²) in [6.45, 7) is 7.52. The number of aromatic hydroxyl groups is 1. The fourth-order valence-corrected chi connectivity index (χ4v) is 7.82. The van der Waals surface area contributed by atoms with Gasteiger partial charge in [-0.3, -0.25) is 24.0 Å². The standard InChI is InChI=1S/C47H55N7O7.H2S/c1-6-30-9-12-32(13-10-30)45-51-28(3)43(29(4)52-45)40(57)26-34(17-19-49)47(60)54(5)44-33-14-16-42(61-21-20-50)36(25-33)35-23-31(11-15-38(35)55)24-37(39(56)8-7-18-48)53-46(59)27(2)22-41(44)58;/h9-16,23,25,27,34,37,44,55H,6-8,17,19-22,24,26,49-50H2,1-5H3,(H,53,59);1H2/t27-,34-,37+,44+;/m1./s1. The topological polar surface area (TPSA) is 232 Å². The number of phenolic OH excluding ortho intramolecular Hbond substituents is 1. The fraction of sp³-hybridized carbons (Fsp3) is 0.404. The summed E-state index contributed by atoms with van der Waals surface area (Å²) in [5.41, 5.74) is 16.7. The molecule has 2 amide bonds. The fourth-order valence-electron chi connectivity index (χ4n) is 7.82. The van der Waals surface area contributed by atoms with Crippen molar-refractivity contribution in [1.29, 1.82) is 5.26 Å². The van der Waals surface area contributed by atoms with Crippen molar-refractivity contribution in [2.45, 2.75) is 84.7 Å². The molecule has 0 saturated carbocycles. The van der Waals surface area contributed by atoms with Crippen LogP contribution in [0.25, 0.3) is 22.5 Å². The number of aryl methyl sites for hydroxylation is 3. The summed E-state index contributed by atoms with van der Waals surface area (Å²) in [6, 6.07) is 17.3. The van der Waals surface area contributed by atoms with Crippen molar-refractivity contribution in [3.63, 3.8) is 0 Å². The first kappa shape index (κ1) is 48.7. The number of hydrogen-bond acceptors (Lipinski definition) is 12. The maximum absolute atomic E-state index is 14.6. The number of benzene rings is 3. The third-order valence-electron chi connectivity index (χ3n) is 11.1. The summed E-state index contributed by atoms with van der Waals surface area (Å²) < 4.78 is 6.00. The molecular weight excluding hydrogens is 807 g/mol. The zero-order chi connectivity index (χ0) is 44.4. The van der Waals surface area contributed by atoms with Gasteiger partial charge in [-0.1, -0.05) is 50.2 Å². The van der Waals surface area contributed by atoms with E-state index in [1.54, 1.807) is 51.1 Å². The lowest BCUT2D eigenvalue weighted by atomic mass is 9.88. The smallest absolute Gasteiger partial charge is 0.226 e. The quantitative estimate of drug-likeness (QED) is 0.110. The molecule has 0 spiro atoms. The number of likely N-dealkylation sites (N-methyl/N-ethyl adjacent to an activating group) is 1. The molecule has 14 nitrogen and oxygen atoms in total. The van der Waals surface area contributed by atoms with Crippen molar-refractivity contribution in [3.05, 3.63) is 94.3 Å². The number of nitrogens with one attached hydrogen (secondary N) is 1. The first-order valence-electron chi connectivity index (χ1n) is 20.7. The number of ketones is 3. The van der Waals surface area contributed by atoms with Crippen LogP contribution in [0.3, 0.4) is 0 Å². The number of carbonyl (C=O) groups is 5. The summed E-state index contributed by atoms with van der Waals surface area (Å²) in [5, 5.41) is 23.2. The van der Waals surface area contributed by atoms with E-state index in [4.69, 9.17) is 21.5 Å². The zero-order valence-corrected chi connectivity index (χ0v) is 37.0. The summed E-state index contributed by atoms with van der Waals surface area (Å²) in [5.74, 6) is -3.40. The van der Waals surface area contributed by atoms with E-state index < -0.39 is 41.5 Å². The maximum Gasteiger partial charge on any atom is 0.226 e. The summed E-state index contributed by atoms with van der Waals surface area (Å²) in [6.07, 6.45) is 0.414. The van der Waals surface area contributed by atoms with Gasteiger partial charge in [-0.15, -0.1) is 0 Å². The number of carbonyl (C=O) groups excluding carboxylic acids is 5. The minimum Gasteiger partial charge on any atom is -0.507 e. The number of Topliss-reactive ketones (excluding diaryl/α,β-unsaturated/α-hetero) is 3. The van der Waals surface area contributed by atoms with Crippen LogP contribution in [0.1, 0.15) is 90.4 Å². The molecule has 3 aromatic carbocycles. The van der Waals surface area contributed by atoms with E-state index in [0.29, 0.717) is 50.8 Å². The zero-order valence-electron chi connectivity index (χ0n) is 36.0. The molecule has 0 aliphatic carbocycles. The SMILES string of the molecule is CCc1ccc(-c2nc(C)c(C(=O)C[C@@H](CCN)C(=O)N(C)[C@@H]3C(=O)C[C@@H](C)C(=O)N[C@H](C(=O)CCC#N)Cc4ccc(O)c(c4)-c4cc3ccc4OCCN)c(C)n2)cc1.S. The molecule has 1 aromatic heterocycles.